The van der Waals surface area contributed by atoms with Crippen LogP contribution < -0.4 is 26.6 Å². The predicted octanol–water partition coefficient (Wildman–Crippen LogP) is 5.45. The molecule has 6 N–H and O–H groups in total. The van der Waals surface area contributed by atoms with Crippen LogP contribution >= 0.6 is 23.2 Å². The topological polar surface area (TPSA) is 159 Å². The fourth-order valence-corrected chi connectivity index (χ4v) is 5.39. The number of aromatic nitrogens is 2. The first-order valence-electron chi connectivity index (χ1n) is 13.8. The number of amides is 1. The number of nitrogens with two attached hydrogens (primary N) is 1. The van der Waals surface area contributed by atoms with E-state index < -0.39 is 12.0 Å². The number of aromatic carboxylic acids is 1. The highest BCUT2D eigenvalue weighted by molar-refractivity contribution is 6.35. The van der Waals surface area contributed by atoms with E-state index in [1.165, 1.54) is 6.07 Å². The summed E-state index contributed by atoms with van der Waals surface area (Å²) in [7, 11) is 0. The Morgan fingerprint density at radius 1 is 1.14 bits per heavy atom. The third-order valence-corrected chi connectivity index (χ3v) is 7.54. The van der Waals surface area contributed by atoms with E-state index in [1.807, 2.05) is 17.0 Å². The highest BCUT2D eigenvalue weighted by atomic mass is 35.5. The first kappa shape index (κ1) is 30.1. The van der Waals surface area contributed by atoms with Crippen LogP contribution in [0.5, 0.6) is 0 Å². The number of hydrogen-bond donors (Lipinski definition) is 5. The molecule has 1 amide bonds. The summed E-state index contributed by atoms with van der Waals surface area (Å²) in [5.74, 6) is 1.24. The third kappa shape index (κ3) is 6.85. The van der Waals surface area contributed by atoms with Crippen LogP contribution in [0.25, 0.3) is 11.3 Å². The van der Waals surface area contributed by atoms with Crippen LogP contribution in [0.1, 0.15) is 34.8 Å². The summed E-state index contributed by atoms with van der Waals surface area (Å²) in [5.41, 5.74) is 7.20. The average Bonchev–Trinajstić information content (AvgIpc) is 3.67. The minimum atomic E-state index is -1.08. The van der Waals surface area contributed by atoms with Gasteiger partial charge >= 0.3 is 5.97 Å². The molecule has 0 saturated carbocycles. The number of carboxylic acid groups (broad SMARTS) is 1. The summed E-state index contributed by atoms with van der Waals surface area (Å²) in [4.78, 5) is 36.3. The van der Waals surface area contributed by atoms with Crippen LogP contribution in [0.2, 0.25) is 10.0 Å². The number of aryl methyl sites for hydroxylation is 1. The van der Waals surface area contributed by atoms with E-state index in [-0.39, 0.29) is 18.0 Å². The highest BCUT2D eigenvalue weighted by Gasteiger charge is 2.34. The van der Waals surface area contributed by atoms with Gasteiger partial charge in [0.05, 0.1) is 22.8 Å². The summed E-state index contributed by atoms with van der Waals surface area (Å²) in [5, 5.41) is 20.3. The quantitative estimate of drug-likeness (QED) is 0.145. The molecule has 13 heteroatoms. The van der Waals surface area contributed by atoms with Crippen LogP contribution in [0.4, 0.5) is 23.0 Å². The van der Waals surface area contributed by atoms with Crippen LogP contribution in [-0.2, 0) is 11.3 Å². The van der Waals surface area contributed by atoms with Crippen molar-refractivity contribution in [2.45, 2.75) is 32.4 Å². The summed E-state index contributed by atoms with van der Waals surface area (Å²) in [6.45, 7) is 3.27. The molecule has 224 valence electrons. The van der Waals surface area contributed by atoms with Gasteiger partial charge in [-0.1, -0.05) is 35.3 Å². The van der Waals surface area contributed by atoms with Crippen LogP contribution in [0.15, 0.2) is 59.0 Å². The van der Waals surface area contributed by atoms with Gasteiger partial charge in [-0.05, 0) is 62.2 Å². The van der Waals surface area contributed by atoms with E-state index in [0.717, 1.165) is 6.42 Å². The maximum absolute atomic E-state index is 13.1. The average molecular weight is 625 g/mol. The van der Waals surface area contributed by atoms with Crippen molar-refractivity contribution in [1.82, 2.24) is 15.3 Å². The molecule has 0 radical (unpaired) electrons. The van der Waals surface area contributed by atoms with Gasteiger partial charge in [-0.15, -0.1) is 0 Å². The summed E-state index contributed by atoms with van der Waals surface area (Å²) < 4.78 is 6.09. The second-order valence-corrected chi connectivity index (χ2v) is 10.8. The zero-order valence-corrected chi connectivity index (χ0v) is 24.9. The Morgan fingerprint density at radius 2 is 1.95 bits per heavy atom. The van der Waals surface area contributed by atoms with Crippen molar-refractivity contribution in [2.75, 3.05) is 35.2 Å². The molecule has 1 fully saturated rings. The number of nitrogens with one attached hydrogen (secondary N) is 3. The molecule has 0 spiro atoms. The molecule has 1 unspecified atom stereocenters. The summed E-state index contributed by atoms with van der Waals surface area (Å²) >= 11 is 12.6. The Bertz CT molecular complexity index is 1640. The minimum Gasteiger partial charge on any atom is -0.478 e. The van der Waals surface area contributed by atoms with E-state index in [0.29, 0.717) is 82.0 Å². The van der Waals surface area contributed by atoms with Crippen LogP contribution in [0.3, 0.4) is 0 Å². The van der Waals surface area contributed by atoms with Gasteiger partial charge in [0.15, 0.2) is 11.6 Å². The van der Waals surface area contributed by atoms with Crippen molar-refractivity contribution in [3.8, 4) is 11.3 Å². The molecule has 43 heavy (non-hydrogen) atoms. The Kier molecular flexibility index (Phi) is 9.34. The Hall–Kier alpha value is -4.32. The predicted molar refractivity (Wildman–Crippen MR) is 167 cm³/mol. The van der Waals surface area contributed by atoms with Gasteiger partial charge in [0, 0.05) is 30.2 Å². The fourth-order valence-electron chi connectivity index (χ4n) is 5.01. The third-order valence-electron chi connectivity index (χ3n) is 6.98. The van der Waals surface area contributed by atoms with E-state index in [4.69, 9.17) is 38.3 Å². The molecular weight excluding hydrogens is 593 g/mol. The number of para-hydroxylation sites is 1. The van der Waals surface area contributed by atoms with Crippen molar-refractivity contribution in [3.63, 3.8) is 0 Å². The molecule has 4 aromatic rings. The number of carbonyl (C=O) groups is 2. The molecule has 0 aliphatic carbocycles. The molecular formula is C30H31Cl2N7O4. The fraction of sp³-hybridized carbons (Fsp3) is 0.267. The highest BCUT2D eigenvalue weighted by Crippen LogP contribution is 2.38. The molecule has 0 bridgehead atoms. The summed E-state index contributed by atoms with van der Waals surface area (Å²) in [6.07, 6.45) is 1.43. The van der Waals surface area contributed by atoms with E-state index >= 15 is 0 Å². The number of furan rings is 1. The monoisotopic (exact) mass is 623 g/mol. The Balaban J connectivity index is 1.52. The molecule has 1 atom stereocenters. The van der Waals surface area contributed by atoms with Crippen LogP contribution in [0, 0.1) is 6.92 Å². The van der Waals surface area contributed by atoms with Gasteiger partial charge in [0.25, 0.3) is 0 Å². The largest absolute Gasteiger partial charge is 0.478 e. The maximum Gasteiger partial charge on any atom is 0.337 e. The molecule has 2 aromatic heterocycles. The second-order valence-electron chi connectivity index (χ2n) is 9.97. The van der Waals surface area contributed by atoms with E-state index in [1.54, 1.807) is 43.3 Å². The minimum absolute atomic E-state index is 0.0838. The smallest absolute Gasteiger partial charge is 0.337 e. The van der Waals surface area contributed by atoms with Gasteiger partial charge in [-0.3, -0.25) is 4.79 Å². The molecule has 3 heterocycles. The number of hydrogen-bond acceptors (Lipinski definition) is 9. The molecule has 1 aliphatic rings. The normalized spacial score (nSPS) is 14.5. The van der Waals surface area contributed by atoms with Crippen molar-refractivity contribution >= 4 is 58.1 Å². The molecule has 2 aromatic carbocycles. The number of benzene rings is 2. The maximum atomic E-state index is 13.1. The second kappa shape index (κ2) is 13.3. The lowest BCUT2D eigenvalue weighted by molar-refractivity contribution is -0.122. The number of carboxylic acids is 1. The SMILES string of the molecule is Cc1nc(Nc2ccccc2C(=O)O)c(NCc2ccc(-c3cc(Cl)ccc3Cl)o2)c(N2CCCC2C(=O)NCCN)n1. The van der Waals surface area contributed by atoms with Crippen molar-refractivity contribution < 1.29 is 19.1 Å². The lowest BCUT2D eigenvalue weighted by atomic mass is 10.1. The number of anilines is 4. The zero-order chi connectivity index (χ0) is 30.5. The van der Waals surface area contributed by atoms with Crippen molar-refractivity contribution in [3.05, 3.63) is 81.8 Å². The van der Waals surface area contributed by atoms with Crippen LogP contribution in [-0.4, -0.2) is 52.6 Å². The molecule has 1 saturated heterocycles. The van der Waals surface area contributed by atoms with Gasteiger partial charge < -0.3 is 36.1 Å². The molecule has 1 aliphatic heterocycles. The first-order chi connectivity index (χ1) is 20.7. The number of carbonyl (C=O) groups excluding carboxylic acids is 1. The van der Waals surface area contributed by atoms with E-state index in [9.17, 15) is 14.7 Å². The number of nitrogens with zero attached hydrogens (tertiary/aromatic N) is 3. The Labute approximate surface area is 258 Å². The Morgan fingerprint density at radius 3 is 2.74 bits per heavy atom. The van der Waals surface area contributed by atoms with Gasteiger partial charge in [-0.25, -0.2) is 14.8 Å². The number of halogens is 2. The van der Waals surface area contributed by atoms with E-state index in [2.05, 4.69) is 20.9 Å². The summed E-state index contributed by atoms with van der Waals surface area (Å²) in [6, 6.07) is 14.9. The zero-order valence-electron chi connectivity index (χ0n) is 23.4. The van der Waals surface area contributed by atoms with Crippen molar-refractivity contribution in [2.24, 2.45) is 5.73 Å². The lowest BCUT2D eigenvalue weighted by Crippen LogP contribution is -2.45. The van der Waals surface area contributed by atoms with Crippen molar-refractivity contribution in [1.29, 1.82) is 0 Å². The first-order valence-corrected chi connectivity index (χ1v) is 14.5. The van der Waals surface area contributed by atoms with Gasteiger partial charge in [0.1, 0.15) is 29.1 Å². The van der Waals surface area contributed by atoms with Gasteiger partial charge in [0.2, 0.25) is 5.91 Å². The molecule has 5 rings (SSSR count). The molecule has 11 nitrogen and oxygen atoms in total. The van der Waals surface area contributed by atoms with Gasteiger partial charge in [-0.2, -0.15) is 0 Å². The lowest BCUT2D eigenvalue weighted by Gasteiger charge is -2.28. The number of rotatable bonds is 11. The standard InChI is InChI=1S/C30H31Cl2N7O4/c1-17-36-27(38-23-6-3-2-5-20(23)30(41)42)26(28(37-17)39-14-4-7-24(39)29(40)34-13-12-33)35-16-19-9-11-25(43-19)21-15-18(31)8-10-22(21)32/h2-3,5-6,8-11,15,24,35H,4,7,12-14,16,33H2,1H3,(H,34,40)(H,41,42)(H,36,37,38).